The molecule has 0 aliphatic rings. The largest absolute Gasteiger partial charge is 0.456 e. The van der Waals surface area contributed by atoms with Crippen LogP contribution in [0.1, 0.15) is 0 Å². The van der Waals surface area contributed by atoms with Crippen LogP contribution in [0.3, 0.4) is 0 Å². The Morgan fingerprint density at radius 2 is 0.867 bits per heavy atom. The highest BCUT2D eigenvalue weighted by Crippen LogP contribution is 2.42. The highest BCUT2D eigenvalue weighted by atomic mass is 16.3. The van der Waals surface area contributed by atoms with Crippen LogP contribution in [0, 0.1) is 0 Å². The normalized spacial score (nSPS) is 11.3. The van der Waals surface area contributed by atoms with E-state index in [-0.39, 0.29) is 0 Å². The molecular formula is C55H36N4O. The van der Waals surface area contributed by atoms with Gasteiger partial charge in [-0.3, -0.25) is 0 Å². The quantitative estimate of drug-likeness (QED) is 0.154. The summed E-state index contributed by atoms with van der Waals surface area (Å²) in [5, 5.41) is 4.41. The third-order valence-corrected chi connectivity index (χ3v) is 11.1. The number of hydrogen-bond acceptors (Lipinski definition) is 5. The molecule has 5 heteroatoms. The van der Waals surface area contributed by atoms with E-state index < -0.39 is 0 Å². The first-order valence-electron chi connectivity index (χ1n) is 20.1. The molecule has 0 unspecified atom stereocenters. The van der Waals surface area contributed by atoms with E-state index in [0.717, 1.165) is 66.8 Å². The molecule has 0 saturated carbocycles. The van der Waals surface area contributed by atoms with E-state index >= 15 is 0 Å². The van der Waals surface area contributed by atoms with Gasteiger partial charge < -0.3 is 9.32 Å². The predicted molar refractivity (Wildman–Crippen MR) is 246 cm³/mol. The second kappa shape index (κ2) is 15.0. The number of rotatable bonds is 8. The summed E-state index contributed by atoms with van der Waals surface area (Å²) in [5.74, 6) is 1.80. The minimum Gasteiger partial charge on any atom is -0.456 e. The number of nitrogens with zero attached hydrogens (tertiary/aromatic N) is 4. The Kier molecular flexibility index (Phi) is 8.75. The zero-order valence-corrected chi connectivity index (χ0v) is 32.5. The average molecular weight is 769 g/mol. The molecule has 0 fully saturated rings. The lowest BCUT2D eigenvalue weighted by Gasteiger charge is -2.25. The molecule has 2 heterocycles. The van der Waals surface area contributed by atoms with Gasteiger partial charge in [-0.15, -0.1) is 0 Å². The fraction of sp³-hybridized carbons (Fsp3) is 0. The van der Waals surface area contributed by atoms with E-state index in [1.807, 2.05) is 54.6 Å². The zero-order chi connectivity index (χ0) is 39.8. The lowest BCUT2D eigenvalue weighted by molar-refractivity contribution is 0.669. The van der Waals surface area contributed by atoms with Crippen molar-refractivity contribution in [3.05, 3.63) is 218 Å². The van der Waals surface area contributed by atoms with E-state index in [4.69, 9.17) is 19.4 Å². The maximum Gasteiger partial charge on any atom is 0.164 e. The molecule has 0 aliphatic heterocycles. The van der Waals surface area contributed by atoms with Gasteiger partial charge in [0.05, 0.1) is 0 Å². The Balaban J connectivity index is 1.01. The molecule has 5 nitrogen and oxygen atoms in total. The maximum absolute atomic E-state index is 6.69. The number of para-hydroxylation sites is 1. The molecule has 0 spiro atoms. The topological polar surface area (TPSA) is 55.1 Å². The smallest absolute Gasteiger partial charge is 0.164 e. The van der Waals surface area contributed by atoms with Crippen LogP contribution >= 0.6 is 0 Å². The van der Waals surface area contributed by atoms with Crippen LogP contribution in [-0.2, 0) is 0 Å². The molecule has 0 aliphatic carbocycles. The van der Waals surface area contributed by atoms with Gasteiger partial charge >= 0.3 is 0 Å². The van der Waals surface area contributed by atoms with E-state index in [1.54, 1.807) is 0 Å². The molecule has 0 N–H and O–H groups in total. The molecule has 2 aromatic heterocycles. The molecule has 0 atom stereocenters. The third kappa shape index (κ3) is 6.54. The van der Waals surface area contributed by atoms with Crippen LogP contribution in [0.15, 0.2) is 223 Å². The Morgan fingerprint density at radius 1 is 0.317 bits per heavy atom. The van der Waals surface area contributed by atoms with Crippen LogP contribution < -0.4 is 4.90 Å². The van der Waals surface area contributed by atoms with E-state index in [1.165, 1.54) is 21.9 Å². The van der Waals surface area contributed by atoms with E-state index in [2.05, 4.69) is 169 Å². The Labute approximate surface area is 347 Å². The first-order chi connectivity index (χ1) is 29.7. The summed E-state index contributed by atoms with van der Waals surface area (Å²) in [5.41, 5.74) is 11.9. The fourth-order valence-corrected chi connectivity index (χ4v) is 8.15. The minimum absolute atomic E-state index is 0.582. The summed E-state index contributed by atoms with van der Waals surface area (Å²) < 4.78 is 6.69. The first-order valence-corrected chi connectivity index (χ1v) is 20.1. The summed E-state index contributed by atoms with van der Waals surface area (Å²) in [6.45, 7) is 0. The van der Waals surface area contributed by atoms with Crippen molar-refractivity contribution in [1.29, 1.82) is 0 Å². The number of hydrogen-bond donors (Lipinski definition) is 0. The van der Waals surface area contributed by atoms with Crippen LogP contribution in [0.2, 0.25) is 0 Å². The summed E-state index contributed by atoms with van der Waals surface area (Å²) in [7, 11) is 0. The van der Waals surface area contributed by atoms with Gasteiger partial charge in [0.15, 0.2) is 17.5 Å². The Morgan fingerprint density at radius 3 is 1.65 bits per heavy atom. The molecule has 0 saturated heterocycles. The monoisotopic (exact) mass is 768 g/mol. The van der Waals surface area contributed by atoms with Crippen molar-refractivity contribution in [2.75, 3.05) is 4.90 Å². The minimum atomic E-state index is 0.582. The van der Waals surface area contributed by atoms with Crippen LogP contribution in [0.25, 0.3) is 89.1 Å². The maximum atomic E-state index is 6.69. The number of fused-ring (bicyclic) bond motifs is 4. The van der Waals surface area contributed by atoms with Gasteiger partial charge in [0.25, 0.3) is 0 Å². The van der Waals surface area contributed by atoms with Gasteiger partial charge in [0.1, 0.15) is 11.2 Å². The molecule has 9 aromatic carbocycles. The van der Waals surface area contributed by atoms with Crippen molar-refractivity contribution in [3.8, 4) is 56.4 Å². The zero-order valence-electron chi connectivity index (χ0n) is 32.5. The summed E-state index contributed by atoms with van der Waals surface area (Å²) in [6, 6.07) is 75.8. The molecule has 0 amide bonds. The van der Waals surface area contributed by atoms with Crippen molar-refractivity contribution in [2.45, 2.75) is 0 Å². The molecule has 0 radical (unpaired) electrons. The third-order valence-electron chi connectivity index (χ3n) is 11.1. The summed E-state index contributed by atoms with van der Waals surface area (Å²) in [6.07, 6.45) is 0. The standard InChI is InChI=1S/C55H36N4O/c1-4-14-37(15-5-1)42-20-12-21-44(35-42)54-56-53(40-17-6-2-7-18-40)57-55(58-54)49-24-13-25-50-52(49)48-33-32-47(36-51(48)60-50)59(45-22-8-3-9-23-45)46-30-28-39(29-31-46)43-27-26-38-16-10-11-19-41(38)34-43/h1-36H. The van der Waals surface area contributed by atoms with Gasteiger partial charge in [-0.25, -0.2) is 15.0 Å². The van der Waals surface area contributed by atoms with Gasteiger partial charge in [-0.1, -0.05) is 158 Å². The predicted octanol–water partition coefficient (Wildman–Crippen LogP) is 14.7. The van der Waals surface area contributed by atoms with Gasteiger partial charge in [0.2, 0.25) is 0 Å². The van der Waals surface area contributed by atoms with Gasteiger partial charge in [-0.05, 0) is 87.6 Å². The summed E-state index contributed by atoms with van der Waals surface area (Å²) in [4.78, 5) is 17.6. The van der Waals surface area contributed by atoms with Gasteiger partial charge in [-0.2, -0.15) is 0 Å². The molecule has 282 valence electrons. The molecular weight excluding hydrogens is 733 g/mol. The van der Waals surface area contributed by atoms with Crippen molar-refractivity contribution in [3.63, 3.8) is 0 Å². The van der Waals surface area contributed by atoms with E-state index in [0.29, 0.717) is 17.5 Å². The van der Waals surface area contributed by atoms with Crippen molar-refractivity contribution >= 4 is 49.8 Å². The van der Waals surface area contributed by atoms with Gasteiger partial charge in [0, 0.05) is 50.6 Å². The van der Waals surface area contributed by atoms with Crippen LogP contribution in [0.5, 0.6) is 0 Å². The van der Waals surface area contributed by atoms with Crippen LogP contribution in [0.4, 0.5) is 17.1 Å². The number of aromatic nitrogens is 3. The average Bonchev–Trinajstić information content (AvgIpc) is 3.71. The highest BCUT2D eigenvalue weighted by Gasteiger charge is 2.20. The molecule has 60 heavy (non-hydrogen) atoms. The van der Waals surface area contributed by atoms with E-state index in [9.17, 15) is 0 Å². The molecule has 0 bridgehead atoms. The number of benzene rings is 9. The first kappa shape index (κ1) is 35.0. The summed E-state index contributed by atoms with van der Waals surface area (Å²) >= 11 is 0. The van der Waals surface area contributed by atoms with Crippen LogP contribution in [-0.4, -0.2) is 15.0 Å². The SMILES string of the molecule is c1ccc(-c2cccc(-c3nc(-c4ccccc4)nc(-c4cccc5oc6cc(N(c7ccccc7)c7ccc(-c8ccc9ccccc9c8)cc7)ccc6c45)n3)c2)cc1. The van der Waals surface area contributed by atoms with Crippen molar-refractivity contribution in [2.24, 2.45) is 0 Å². The lowest BCUT2D eigenvalue weighted by atomic mass is 10.0. The fourth-order valence-electron chi connectivity index (χ4n) is 8.15. The van der Waals surface area contributed by atoms with Crippen molar-refractivity contribution < 1.29 is 4.42 Å². The van der Waals surface area contributed by atoms with Crippen molar-refractivity contribution in [1.82, 2.24) is 15.0 Å². The Bertz CT molecular complexity index is 3310. The Hall–Kier alpha value is -8.15. The highest BCUT2D eigenvalue weighted by molar-refractivity contribution is 6.12. The lowest BCUT2D eigenvalue weighted by Crippen LogP contribution is -2.09. The second-order valence-corrected chi connectivity index (χ2v) is 14.9. The second-order valence-electron chi connectivity index (χ2n) is 14.9. The number of anilines is 3. The molecule has 11 aromatic rings. The number of furan rings is 1. The molecule has 11 rings (SSSR count).